The second-order valence-electron chi connectivity index (χ2n) is 6.71. The van der Waals surface area contributed by atoms with Crippen molar-refractivity contribution in [1.29, 1.82) is 0 Å². The van der Waals surface area contributed by atoms with Crippen LogP contribution >= 0.6 is 11.6 Å². The maximum Gasteiger partial charge on any atom is 0.274 e. The van der Waals surface area contributed by atoms with Crippen molar-refractivity contribution >= 4 is 23.4 Å². The first kappa shape index (κ1) is 19.8. The number of aliphatic hydroxyl groups is 1. The molecule has 1 aromatic rings. The fraction of sp³-hybridized carbons (Fsp3) is 0.556. The van der Waals surface area contributed by atoms with Crippen molar-refractivity contribution in [1.82, 2.24) is 5.01 Å². The van der Waals surface area contributed by atoms with E-state index in [9.17, 15) is 14.7 Å². The number of nitrogens with two attached hydrogens (primary N) is 2. The summed E-state index contributed by atoms with van der Waals surface area (Å²) in [5.74, 6) is 4.56. The van der Waals surface area contributed by atoms with Crippen LogP contribution in [0.3, 0.4) is 0 Å². The zero-order chi connectivity index (χ0) is 18.4. The number of hydrogen-bond donors (Lipinski definition) is 3. The summed E-state index contributed by atoms with van der Waals surface area (Å²) < 4.78 is 0. The molecule has 25 heavy (non-hydrogen) atoms. The van der Waals surface area contributed by atoms with Crippen LogP contribution in [0.2, 0.25) is 5.02 Å². The Balaban J connectivity index is 1.89. The summed E-state index contributed by atoms with van der Waals surface area (Å²) in [5, 5.41) is 10.9. The highest BCUT2D eigenvalue weighted by Crippen LogP contribution is 2.27. The number of hydrazine groups is 1. The number of hydrogen-bond acceptors (Lipinski definition) is 5. The summed E-state index contributed by atoms with van der Waals surface area (Å²) >= 11 is 5.84. The van der Waals surface area contributed by atoms with Gasteiger partial charge < -0.3 is 10.8 Å². The molecule has 2 unspecified atom stereocenters. The molecular weight excluding hydrogens is 342 g/mol. The van der Waals surface area contributed by atoms with Crippen molar-refractivity contribution in [3.63, 3.8) is 0 Å². The Morgan fingerprint density at radius 3 is 2.60 bits per heavy atom. The Bertz CT molecular complexity index is 605. The summed E-state index contributed by atoms with van der Waals surface area (Å²) in [6, 6.07) is 5.35. The fourth-order valence-corrected chi connectivity index (χ4v) is 3.44. The van der Waals surface area contributed by atoms with Crippen LogP contribution in [0, 0.1) is 5.92 Å². The number of aliphatic hydroxyl groups excluding tert-OH is 1. The SMILES string of the molecule is NC(CCC1CCCCC1)C(O)C(=O)N(N)C(=O)c1cccc(Cl)c1. The molecule has 1 aliphatic rings. The van der Waals surface area contributed by atoms with E-state index in [0.717, 1.165) is 6.42 Å². The van der Waals surface area contributed by atoms with Crippen LogP contribution < -0.4 is 11.6 Å². The van der Waals surface area contributed by atoms with E-state index in [1.54, 1.807) is 12.1 Å². The lowest BCUT2D eigenvalue weighted by Crippen LogP contribution is -2.53. The van der Waals surface area contributed by atoms with E-state index in [0.29, 0.717) is 22.4 Å². The Labute approximate surface area is 153 Å². The number of nitrogens with zero attached hydrogens (tertiary/aromatic N) is 1. The molecule has 1 fully saturated rings. The monoisotopic (exact) mass is 367 g/mol. The maximum atomic E-state index is 12.3. The number of benzene rings is 1. The largest absolute Gasteiger partial charge is 0.382 e. The van der Waals surface area contributed by atoms with Gasteiger partial charge in [0, 0.05) is 16.6 Å². The van der Waals surface area contributed by atoms with Gasteiger partial charge in [0.05, 0.1) is 0 Å². The third-order valence-electron chi connectivity index (χ3n) is 4.82. The van der Waals surface area contributed by atoms with Crippen molar-refractivity contribution in [2.45, 2.75) is 57.1 Å². The van der Waals surface area contributed by atoms with Gasteiger partial charge in [-0.05, 0) is 37.0 Å². The lowest BCUT2D eigenvalue weighted by Gasteiger charge is -2.26. The van der Waals surface area contributed by atoms with E-state index < -0.39 is 24.0 Å². The van der Waals surface area contributed by atoms with E-state index in [1.165, 1.54) is 44.2 Å². The van der Waals surface area contributed by atoms with Crippen LogP contribution in [-0.4, -0.2) is 34.1 Å². The molecule has 0 spiro atoms. The molecule has 5 N–H and O–H groups in total. The first-order valence-electron chi connectivity index (χ1n) is 8.72. The number of amides is 2. The van der Waals surface area contributed by atoms with Gasteiger partial charge >= 0.3 is 0 Å². The average molecular weight is 368 g/mol. The molecule has 0 heterocycles. The quantitative estimate of drug-likeness (QED) is 0.405. The first-order chi connectivity index (χ1) is 11.9. The van der Waals surface area contributed by atoms with Gasteiger partial charge in [0.2, 0.25) is 0 Å². The highest BCUT2D eigenvalue weighted by Gasteiger charge is 2.30. The van der Waals surface area contributed by atoms with Gasteiger partial charge in [-0.1, -0.05) is 49.8 Å². The molecule has 1 saturated carbocycles. The van der Waals surface area contributed by atoms with Crippen molar-refractivity contribution in [2.24, 2.45) is 17.5 Å². The standard InChI is InChI=1S/C18H26ClN3O3/c19-14-8-4-7-13(11-14)17(24)22(21)18(25)16(23)15(20)10-9-12-5-2-1-3-6-12/h4,7-8,11-12,15-16,23H,1-3,5-6,9-10,20-21H2. The van der Waals surface area contributed by atoms with Crippen LogP contribution in [0.25, 0.3) is 0 Å². The van der Waals surface area contributed by atoms with Gasteiger partial charge in [0.15, 0.2) is 0 Å². The number of halogens is 1. The third-order valence-corrected chi connectivity index (χ3v) is 5.05. The molecule has 1 aliphatic carbocycles. The molecular formula is C18H26ClN3O3. The Hall–Kier alpha value is -1.47. The average Bonchev–Trinajstić information content (AvgIpc) is 2.64. The van der Waals surface area contributed by atoms with E-state index in [-0.39, 0.29) is 5.56 Å². The minimum absolute atomic E-state index is 0.173. The summed E-state index contributed by atoms with van der Waals surface area (Å²) in [6.45, 7) is 0. The highest BCUT2D eigenvalue weighted by atomic mass is 35.5. The normalized spacial score (nSPS) is 17.8. The van der Waals surface area contributed by atoms with E-state index in [1.807, 2.05) is 0 Å². The smallest absolute Gasteiger partial charge is 0.274 e. The van der Waals surface area contributed by atoms with Crippen LogP contribution in [0.5, 0.6) is 0 Å². The lowest BCUT2D eigenvalue weighted by atomic mass is 9.85. The van der Waals surface area contributed by atoms with E-state index in [4.69, 9.17) is 23.2 Å². The number of carbonyl (C=O) groups is 2. The maximum absolute atomic E-state index is 12.3. The first-order valence-corrected chi connectivity index (χ1v) is 9.10. The van der Waals surface area contributed by atoms with Crippen LogP contribution in [0.15, 0.2) is 24.3 Å². The van der Waals surface area contributed by atoms with Crippen molar-refractivity contribution in [2.75, 3.05) is 0 Å². The van der Waals surface area contributed by atoms with Crippen LogP contribution in [-0.2, 0) is 4.79 Å². The third kappa shape index (κ3) is 5.51. The Kier molecular flexibility index (Phi) is 7.38. The molecule has 2 atom stereocenters. The van der Waals surface area contributed by atoms with Gasteiger partial charge in [0.1, 0.15) is 6.10 Å². The molecule has 1 aromatic carbocycles. The molecule has 2 amide bonds. The Morgan fingerprint density at radius 2 is 1.96 bits per heavy atom. The molecule has 138 valence electrons. The molecule has 0 aliphatic heterocycles. The summed E-state index contributed by atoms with van der Waals surface area (Å²) in [6.07, 6.45) is 5.97. The zero-order valence-electron chi connectivity index (χ0n) is 14.2. The predicted octanol–water partition coefficient (Wildman–Crippen LogP) is 2.23. The van der Waals surface area contributed by atoms with Gasteiger partial charge in [-0.15, -0.1) is 0 Å². The van der Waals surface area contributed by atoms with Crippen molar-refractivity contribution in [3.05, 3.63) is 34.9 Å². The molecule has 0 bridgehead atoms. The number of imide groups is 1. The number of carbonyl (C=O) groups excluding carboxylic acids is 2. The van der Waals surface area contributed by atoms with Gasteiger partial charge in [-0.3, -0.25) is 9.59 Å². The molecule has 7 heteroatoms. The predicted molar refractivity (Wildman–Crippen MR) is 96.6 cm³/mol. The van der Waals surface area contributed by atoms with E-state index >= 15 is 0 Å². The summed E-state index contributed by atoms with van der Waals surface area (Å²) in [4.78, 5) is 24.5. The fourth-order valence-electron chi connectivity index (χ4n) is 3.25. The second kappa shape index (κ2) is 9.29. The van der Waals surface area contributed by atoms with Crippen molar-refractivity contribution in [3.8, 4) is 0 Å². The summed E-state index contributed by atoms with van der Waals surface area (Å²) in [5.41, 5.74) is 6.12. The van der Waals surface area contributed by atoms with Gasteiger partial charge in [0.25, 0.3) is 11.8 Å². The minimum atomic E-state index is -1.50. The number of rotatable bonds is 6. The molecule has 6 nitrogen and oxygen atoms in total. The molecule has 2 rings (SSSR count). The minimum Gasteiger partial charge on any atom is -0.382 e. The molecule has 0 aromatic heterocycles. The topological polar surface area (TPSA) is 110 Å². The molecule has 0 radical (unpaired) electrons. The van der Waals surface area contributed by atoms with Gasteiger partial charge in [-0.2, -0.15) is 0 Å². The summed E-state index contributed by atoms with van der Waals surface area (Å²) in [7, 11) is 0. The molecule has 0 saturated heterocycles. The second-order valence-corrected chi connectivity index (χ2v) is 7.15. The van der Waals surface area contributed by atoms with Crippen LogP contribution in [0.1, 0.15) is 55.3 Å². The van der Waals surface area contributed by atoms with E-state index in [2.05, 4.69) is 0 Å². The highest BCUT2D eigenvalue weighted by molar-refractivity contribution is 6.31. The zero-order valence-corrected chi connectivity index (χ0v) is 15.0. The lowest BCUT2D eigenvalue weighted by molar-refractivity contribution is -0.138. The van der Waals surface area contributed by atoms with Gasteiger partial charge in [-0.25, -0.2) is 10.9 Å². The Morgan fingerprint density at radius 1 is 1.28 bits per heavy atom. The van der Waals surface area contributed by atoms with Crippen LogP contribution in [0.4, 0.5) is 0 Å². The van der Waals surface area contributed by atoms with Crippen molar-refractivity contribution < 1.29 is 14.7 Å².